The molecular formula is C60H59N3. The lowest BCUT2D eigenvalue weighted by Gasteiger charge is -2.43. The summed E-state index contributed by atoms with van der Waals surface area (Å²) in [6.45, 7) is 0. The van der Waals surface area contributed by atoms with E-state index in [4.69, 9.17) is 0 Å². The predicted octanol–water partition coefficient (Wildman–Crippen LogP) is 15.0. The molecule has 0 saturated carbocycles. The van der Waals surface area contributed by atoms with Crippen molar-refractivity contribution in [3.8, 4) is 5.69 Å². The zero-order valence-corrected chi connectivity index (χ0v) is 36.6. The summed E-state index contributed by atoms with van der Waals surface area (Å²) in [5.74, 6) is 1.25. The molecule has 314 valence electrons. The predicted molar refractivity (Wildman–Crippen MR) is 264 cm³/mol. The maximum atomic E-state index is 2.82. The highest BCUT2D eigenvalue weighted by molar-refractivity contribution is 6.10. The van der Waals surface area contributed by atoms with Gasteiger partial charge in [0.1, 0.15) is 0 Å². The lowest BCUT2D eigenvalue weighted by molar-refractivity contribution is 0.204. The van der Waals surface area contributed by atoms with Crippen molar-refractivity contribution < 1.29 is 0 Å². The lowest BCUT2D eigenvalue weighted by atomic mass is 9.74. The highest BCUT2D eigenvalue weighted by Crippen LogP contribution is 2.49. The van der Waals surface area contributed by atoms with Gasteiger partial charge in [0.2, 0.25) is 0 Å². The lowest BCUT2D eigenvalue weighted by Crippen LogP contribution is -2.43. The van der Waals surface area contributed by atoms with Gasteiger partial charge in [-0.25, -0.2) is 0 Å². The van der Waals surface area contributed by atoms with Crippen LogP contribution in [0.5, 0.6) is 0 Å². The molecule has 1 aliphatic heterocycles. The first-order valence-electron chi connectivity index (χ1n) is 24.2. The Kier molecular flexibility index (Phi) is 10.2. The summed E-state index contributed by atoms with van der Waals surface area (Å²) in [5, 5.41) is 2.61. The van der Waals surface area contributed by atoms with Crippen molar-refractivity contribution in [2.75, 3.05) is 0 Å². The molecule has 0 spiro atoms. The maximum Gasteiger partial charge on any atom is 0.0589 e. The van der Waals surface area contributed by atoms with E-state index in [2.05, 4.69) is 184 Å². The maximum absolute atomic E-state index is 2.82. The minimum absolute atomic E-state index is 0.322. The van der Waals surface area contributed by atoms with Gasteiger partial charge in [-0.15, -0.1) is 0 Å². The average Bonchev–Trinajstić information content (AvgIpc) is 3.88. The molecule has 7 aliphatic rings. The van der Waals surface area contributed by atoms with Crippen LogP contribution in [-0.2, 0) is 0 Å². The number of aromatic nitrogens is 1. The van der Waals surface area contributed by atoms with Crippen LogP contribution in [0.25, 0.3) is 38.6 Å². The van der Waals surface area contributed by atoms with E-state index in [1.165, 1.54) is 125 Å². The normalized spacial score (nSPS) is 25.6. The van der Waals surface area contributed by atoms with Gasteiger partial charge in [-0.3, -0.25) is 0 Å². The zero-order valence-electron chi connectivity index (χ0n) is 36.6. The zero-order chi connectivity index (χ0) is 41.7. The molecule has 1 aromatic heterocycles. The van der Waals surface area contributed by atoms with Gasteiger partial charge in [-0.05, 0) is 171 Å². The first kappa shape index (κ1) is 38.6. The van der Waals surface area contributed by atoms with Gasteiger partial charge in [0.15, 0.2) is 0 Å². The Balaban J connectivity index is 0.825. The standard InChI is InChI=1S/C60H59N3/c1-4-14-42(15-5-1)43-24-32-50(33-25-43)61(51-34-26-44(27-35-51)46-30-38-59-55(40-46)53-20-10-12-22-57(53)62(59)48-16-6-2-7-17-48)52-36-28-45(29-37-52)47-31-39-60-56(41-47)54-21-11-13-23-58(54)63(60)49-18-8-3-9-19-49/h1-2,4-7,10,12-18,20,22-24,26-28,30,32,34,36,38,40-41,45,47,51-52,60H,3,8-9,11,19,21,25,29,31,33,35,37,39H2. The number of rotatable bonds is 8. The van der Waals surface area contributed by atoms with Crippen molar-refractivity contribution in [2.45, 2.75) is 102 Å². The molecule has 0 fully saturated rings. The van der Waals surface area contributed by atoms with Crippen molar-refractivity contribution in [3.05, 3.63) is 209 Å². The number of hydrogen-bond acceptors (Lipinski definition) is 2. The molecule has 5 atom stereocenters. The smallest absolute Gasteiger partial charge is 0.0589 e. The first-order chi connectivity index (χ1) is 31.2. The monoisotopic (exact) mass is 821 g/mol. The fraction of sp³-hybridized carbons (Fsp3) is 0.300. The summed E-state index contributed by atoms with van der Waals surface area (Å²) < 4.78 is 2.41. The number of nitrogens with zero attached hydrogens (tertiary/aromatic N) is 3. The fourth-order valence-electron chi connectivity index (χ4n) is 12.4. The van der Waals surface area contributed by atoms with Gasteiger partial charge in [0, 0.05) is 39.6 Å². The number of para-hydroxylation sites is 2. The van der Waals surface area contributed by atoms with Gasteiger partial charge < -0.3 is 14.4 Å². The third kappa shape index (κ3) is 7.05. The molecule has 4 aromatic carbocycles. The van der Waals surface area contributed by atoms with Gasteiger partial charge in [-0.1, -0.05) is 127 Å². The number of hydrogen-bond donors (Lipinski definition) is 0. The van der Waals surface area contributed by atoms with Crippen molar-refractivity contribution in [1.29, 1.82) is 0 Å². The molecule has 2 heterocycles. The Labute approximate surface area is 374 Å². The van der Waals surface area contributed by atoms with Crippen LogP contribution in [-0.4, -0.2) is 32.5 Å². The molecule has 0 amide bonds. The molecule has 0 radical (unpaired) electrons. The molecule has 12 rings (SSSR count). The number of benzene rings is 4. The van der Waals surface area contributed by atoms with Crippen molar-refractivity contribution in [3.63, 3.8) is 0 Å². The first-order valence-corrected chi connectivity index (χ1v) is 24.2. The van der Waals surface area contributed by atoms with Crippen LogP contribution in [0.4, 0.5) is 0 Å². The van der Waals surface area contributed by atoms with Gasteiger partial charge in [-0.2, -0.15) is 0 Å². The second kappa shape index (κ2) is 16.6. The Hall–Kier alpha value is -6.06. The number of fused-ring (bicyclic) bond motifs is 5. The molecule has 63 heavy (non-hydrogen) atoms. The minimum Gasteiger partial charge on any atom is -0.362 e. The van der Waals surface area contributed by atoms with E-state index >= 15 is 0 Å². The second-order valence-corrected chi connectivity index (χ2v) is 19.1. The second-order valence-electron chi connectivity index (χ2n) is 19.1. The molecule has 3 heteroatoms. The van der Waals surface area contributed by atoms with Gasteiger partial charge >= 0.3 is 0 Å². The molecule has 6 aliphatic carbocycles. The number of allylic oxidation sites excluding steroid dienone is 12. The quantitative estimate of drug-likeness (QED) is 0.144. The molecule has 3 nitrogen and oxygen atoms in total. The molecule has 0 bridgehead atoms. The molecule has 0 saturated heterocycles. The van der Waals surface area contributed by atoms with Crippen molar-refractivity contribution in [2.24, 2.45) is 11.8 Å². The Bertz CT molecular complexity index is 2850. The topological polar surface area (TPSA) is 11.4 Å². The molecule has 5 aromatic rings. The minimum atomic E-state index is 0.322. The fourth-order valence-corrected chi connectivity index (χ4v) is 12.4. The Morgan fingerprint density at radius 1 is 0.587 bits per heavy atom. The highest BCUT2D eigenvalue weighted by atomic mass is 15.2. The van der Waals surface area contributed by atoms with E-state index in [1.807, 2.05) is 0 Å². The van der Waals surface area contributed by atoms with Crippen molar-refractivity contribution in [1.82, 2.24) is 14.4 Å². The van der Waals surface area contributed by atoms with Crippen LogP contribution in [0.15, 0.2) is 198 Å². The van der Waals surface area contributed by atoms with Gasteiger partial charge in [0.25, 0.3) is 0 Å². The Morgan fingerprint density at radius 2 is 1.43 bits per heavy atom. The van der Waals surface area contributed by atoms with Crippen LogP contribution in [0.2, 0.25) is 0 Å². The van der Waals surface area contributed by atoms with Crippen LogP contribution in [0.1, 0.15) is 94.6 Å². The van der Waals surface area contributed by atoms with Crippen molar-refractivity contribution >= 4 is 33.0 Å². The van der Waals surface area contributed by atoms with E-state index in [9.17, 15) is 0 Å². The Morgan fingerprint density at radius 3 is 2.22 bits per heavy atom. The molecular weight excluding hydrogens is 763 g/mol. The third-order valence-electron chi connectivity index (χ3n) is 15.5. The molecule has 5 unspecified atom stereocenters. The van der Waals surface area contributed by atoms with E-state index in [0.717, 1.165) is 19.3 Å². The largest absolute Gasteiger partial charge is 0.362 e. The summed E-state index contributed by atoms with van der Waals surface area (Å²) in [5.41, 5.74) is 17.1. The van der Waals surface area contributed by atoms with Crippen LogP contribution < -0.4 is 0 Å². The summed E-state index contributed by atoms with van der Waals surface area (Å²) in [4.78, 5) is 5.60. The van der Waals surface area contributed by atoms with Crippen LogP contribution >= 0.6 is 0 Å². The summed E-state index contributed by atoms with van der Waals surface area (Å²) in [6.07, 6.45) is 43.6. The molecule has 0 N–H and O–H groups in total. The van der Waals surface area contributed by atoms with E-state index in [1.54, 1.807) is 16.8 Å². The summed E-state index contributed by atoms with van der Waals surface area (Å²) in [6, 6.07) is 39.0. The van der Waals surface area contributed by atoms with Crippen LogP contribution in [0.3, 0.4) is 0 Å². The summed E-state index contributed by atoms with van der Waals surface area (Å²) >= 11 is 0. The van der Waals surface area contributed by atoms with Crippen LogP contribution in [0, 0.1) is 11.8 Å². The van der Waals surface area contributed by atoms with E-state index in [0.29, 0.717) is 30.0 Å². The summed E-state index contributed by atoms with van der Waals surface area (Å²) in [7, 11) is 0. The third-order valence-corrected chi connectivity index (χ3v) is 15.5. The van der Waals surface area contributed by atoms with E-state index < -0.39 is 0 Å². The average molecular weight is 822 g/mol. The highest BCUT2D eigenvalue weighted by Gasteiger charge is 2.41. The van der Waals surface area contributed by atoms with E-state index in [-0.39, 0.29) is 0 Å². The van der Waals surface area contributed by atoms with Gasteiger partial charge in [0.05, 0.1) is 23.1 Å². The SMILES string of the molecule is C1=CC2=C(CC1)C1=CC(C3C=CC(N(C4=CC=C(c5ccccc5)CC4)C4C=CC(c5ccc6c(c5)c5ccccc5n6-c5ccccc5)=CC4)CC3)CCC1N2C1=CCCCC1.